The van der Waals surface area contributed by atoms with E-state index in [1.807, 2.05) is 6.07 Å². The van der Waals surface area contributed by atoms with Crippen LogP contribution in [0, 0.1) is 0 Å². The minimum absolute atomic E-state index is 0.142. The summed E-state index contributed by atoms with van der Waals surface area (Å²) in [5.41, 5.74) is 4.02. The Kier molecular flexibility index (Phi) is 1.85. The lowest BCUT2D eigenvalue weighted by molar-refractivity contribution is -0.128. The third-order valence-electron chi connectivity index (χ3n) is 5.74. The highest BCUT2D eigenvalue weighted by Gasteiger charge is 2.61. The van der Waals surface area contributed by atoms with Gasteiger partial charge in [0.1, 0.15) is 5.75 Å². The summed E-state index contributed by atoms with van der Waals surface area (Å²) in [6, 6.07) is 6.77. The molecule has 0 N–H and O–H groups in total. The van der Waals surface area contributed by atoms with Gasteiger partial charge in [-0.15, -0.1) is 0 Å². The number of ether oxygens (including phenoxy) is 1. The van der Waals surface area contributed by atoms with Gasteiger partial charge in [-0.1, -0.05) is 18.2 Å². The number of carbonyl (C=O) groups is 1. The second-order valence-corrected chi connectivity index (χ2v) is 6.54. The molecule has 2 aliphatic heterocycles. The van der Waals surface area contributed by atoms with Crippen LogP contribution in [0.5, 0.6) is 5.75 Å². The summed E-state index contributed by atoms with van der Waals surface area (Å²) in [5, 5.41) is 0. The van der Waals surface area contributed by atoms with E-state index >= 15 is 0 Å². The molecule has 2 bridgehead atoms. The van der Waals surface area contributed by atoms with Gasteiger partial charge in [-0.2, -0.15) is 0 Å². The Bertz CT molecular complexity index is 678. The van der Waals surface area contributed by atoms with Crippen LogP contribution in [0.4, 0.5) is 0 Å². The largest absolute Gasteiger partial charge is 0.481 e. The zero-order valence-electron chi connectivity index (χ0n) is 11.6. The molecule has 5 rings (SSSR count). The fraction of sp³-hybridized carbons (Fsp3) is 0.471. The van der Waals surface area contributed by atoms with Crippen molar-refractivity contribution < 1.29 is 9.53 Å². The summed E-state index contributed by atoms with van der Waals surface area (Å²) < 4.78 is 6.12. The summed E-state index contributed by atoms with van der Waals surface area (Å²) in [6.07, 6.45) is 4.53. The molecule has 0 aromatic heterocycles. The molecule has 2 aliphatic carbocycles. The van der Waals surface area contributed by atoms with Crippen molar-refractivity contribution in [2.45, 2.75) is 36.8 Å². The van der Waals surface area contributed by atoms with E-state index in [0.29, 0.717) is 12.5 Å². The van der Waals surface area contributed by atoms with Gasteiger partial charge in [0.2, 0.25) is 0 Å². The number of allylic oxidation sites excluding steroid dienone is 1. The molecule has 3 atom stereocenters. The number of rotatable bonds is 0. The third kappa shape index (κ3) is 1.03. The van der Waals surface area contributed by atoms with Crippen molar-refractivity contribution >= 4 is 5.78 Å². The minimum atomic E-state index is -0.268. The van der Waals surface area contributed by atoms with Gasteiger partial charge in [0.25, 0.3) is 0 Å². The van der Waals surface area contributed by atoms with Crippen LogP contribution in [0.3, 0.4) is 0 Å². The Hall–Kier alpha value is -1.61. The molecular weight excluding hydrogens is 250 g/mol. The number of ketones is 1. The van der Waals surface area contributed by atoms with E-state index < -0.39 is 0 Å². The van der Waals surface area contributed by atoms with Crippen molar-refractivity contribution in [2.75, 3.05) is 13.6 Å². The van der Waals surface area contributed by atoms with Crippen LogP contribution in [0.25, 0.3) is 0 Å². The number of hydrogen-bond donors (Lipinski definition) is 0. The molecule has 4 aliphatic rings. The number of benzene rings is 1. The number of likely N-dealkylation sites (tertiary alicyclic amines) is 1. The van der Waals surface area contributed by atoms with Crippen LogP contribution in [0.1, 0.15) is 24.0 Å². The molecule has 1 spiro atoms. The van der Waals surface area contributed by atoms with Gasteiger partial charge in [0.15, 0.2) is 11.9 Å². The Morgan fingerprint density at radius 2 is 2.30 bits per heavy atom. The van der Waals surface area contributed by atoms with Gasteiger partial charge < -0.3 is 4.74 Å². The van der Waals surface area contributed by atoms with Crippen LogP contribution in [-0.4, -0.2) is 36.4 Å². The molecule has 1 aromatic rings. The van der Waals surface area contributed by atoms with E-state index in [9.17, 15) is 4.79 Å². The molecule has 0 saturated carbocycles. The molecule has 3 nitrogen and oxygen atoms in total. The monoisotopic (exact) mass is 267 g/mol. The molecule has 3 heteroatoms. The SMILES string of the molecule is CN1CC[C@@]23C4=CCC(=O)[C@@H]2Oc2cccc(c23)CC41. The Morgan fingerprint density at radius 3 is 3.20 bits per heavy atom. The van der Waals surface area contributed by atoms with Crippen LogP contribution in [0.15, 0.2) is 29.8 Å². The molecule has 2 heterocycles. The van der Waals surface area contributed by atoms with Gasteiger partial charge in [-0.25, -0.2) is 0 Å². The summed E-state index contributed by atoms with van der Waals surface area (Å²) >= 11 is 0. The first-order valence-corrected chi connectivity index (χ1v) is 7.44. The average molecular weight is 267 g/mol. The zero-order chi connectivity index (χ0) is 13.5. The highest BCUT2D eigenvalue weighted by Crippen LogP contribution is 2.59. The van der Waals surface area contributed by atoms with E-state index in [1.54, 1.807) is 0 Å². The molecule has 1 unspecified atom stereocenters. The predicted molar refractivity (Wildman–Crippen MR) is 75.0 cm³/mol. The summed E-state index contributed by atoms with van der Waals surface area (Å²) in [7, 11) is 2.20. The Labute approximate surface area is 118 Å². The van der Waals surface area contributed by atoms with E-state index in [1.165, 1.54) is 16.7 Å². The van der Waals surface area contributed by atoms with Crippen molar-refractivity contribution in [1.29, 1.82) is 0 Å². The fourth-order valence-corrected chi connectivity index (χ4v) is 4.90. The molecular formula is C17H17NO2. The lowest BCUT2D eigenvalue weighted by atomic mass is 9.56. The number of carbonyl (C=O) groups excluding carboxylic acids is 1. The van der Waals surface area contributed by atoms with Crippen molar-refractivity contribution in [3.8, 4) is 5.75 Å². The lowest BCUT2D eigenvalue weighted by Gasteiger charge is -2.52. The van der Waals surface area contributed by atoms with E-state index in [-0.39, 0.29) is 17.3 Å². The number of nitrogens with zero attached hydrogens (tertiary/aromatic N) is 1. The first-order chi connectivity index (χ1) is 9.72. The van der Waals surface area contributed by atoms with E-state index in [2.05, 4.69) is 30.2 Å². The number of hydrogen-bond acceptors (Lipinski definition) is 3. The van der Waals surface area contributed by atoms with Gasteiger partial charge in [-0.05, 0) is 43.6 Å². The van der Waals surface area contributed by atoms with Crippen molar-refractivity contribution in [3.63, 3.8) is 0 Å². The van der Waals surface area contributed by atoms with Gasteiger partial charge in [0, 0.05) is 18.0 Å². The van der Waals surface area contributed by atoms with E-state index in [4.69, 9.17) is 4.74 Å². The lowest BCUT2D eigenvalue weighted by Crippen LogP contribution is -2.60. The van der Waals surface area contributed by atoms with Gasteiger partial charge >= 0.3 is 0 Å². The van der Waals surface area contributed by atoms with Crippen LogP contribution >= 0.6 is 0 Å². The number of piperidine rings is 1. The predicted octanol–water partition coefficient (Wildman–Crippen LogP) is 1.84. The van der Waals surface area contributed by atoms with Crippen molar-refractivity contribution in [3.05, 3.63) is 41.0 Å². The number of likely N-dealkylation sites (N-methyl/N-ethyl adjacent to an activating group) is 1. The van der Waals surface area contributed by atoms with Crippen molar-refractivity contribution in [2.24, 2.45) is 0 Å². The summed E-state index contributed by atoms with van der Waals surface area (Å²) in [5.74, 6) is 1.21. The summed E-state index contributed by atoms with van der Waals surface area (Å²) in [4.78, 5) is 14.9. The average Bonchev–Trinajstić information content (AvgIpc) is 2.79. The second-order valence-electron chi connectivity index (χ2n) is 6.54. The maximum absolute atomic E-state index is 12.4. The molecule has 1 fully saturated rings. The Morgan fingerprint density at radius 1 is 1.40 bits per heavy atom. The van der Waals surface area contributed by atoms with Crippen LogP contribution in [0.2, 0.25) is 0 Å². The van der Waals surface area contributed by atoms with Gasteiger partial charge in [0.05, 0.1) is 5.41 Å². The topological polar surface area (TPSA) is 29.5 Å². The standard InChI is InChI=1S/C17H17NO2/c1-18-8-7-17-11-5-6-13(19)16(17)20-14-4-2-3-10(15(14)17)9-12(11)18/h2-5,12,16H,6-9H2,1H3/t12?,16-,17-/m0/s1. The normalized spacial score (nSPS) is 37.2. The van der Waals surface area contributed by atoms with Gasteiger partial charge in [-0.3, -0.25) is 9.69 Å². The highest BCUT2D eigenvalue weighted by molar-refractivity contribution is 5.91. The smallest absolute Gasteiger partial charge is 0.178 e. The molecule has 20 heavy (non-hydrogen) atoms. The first kappa shape index (κ1) is 11.1. The quantitative estimate of drug-likeness (QED) is 0.672. The van der Waals surface area contributed by atoms with E-state index in [0.717, 1.165) is 25.1 Å². The molecule has 1 aromatic carbocycles. The highest BCUT2D eigenvalue weighted by atomic mass is 16.5. The molecule has 0 radical (unpaired) electrons. The molecule has 1 saturated heterocycles. The maximum Gasteiger partial charge on any atom is 0.178 e. The maximum atomic E-state index is 12.4. The zero-order valence-corrected chi connectivity index (χ0v) is 11.6. The first-order valence-electron chi connectivity index (χ1n) is 7.44. The minimum Gasteiger partial charge on any atom is -0.481 e. The summed E-state index contributed by atoms with van der Waals surface area (Å²) in [6.45, 7) is 1.04. The second kappa shape index (κ2) is 3.34. The fourth-order valence-electron chi connectivity index (χ4n) is 4.90. The van der Waals surface area contributed by atoms with Crippen LogP contribution in [-0.2, 0) is 16.6 Å². The third-order valence-corrected chi connectivity index (χ3v) is 5.74. The van der Waals surface area contributed by atoms with Crippen molar-refractivity contribution in [1.82, 2.24) is 4.90 Å². The number of Topliss-reactive ketones (excluding diaryl/α,β-unsaturated/α-hetero) is 1. The Balaban J connectivity index is 1.88. The molecule has 0 amide bonds. The molecule has 102 valence electrons. The van der Waals surface area contributed by atoms with Crippen LogP contribution < -0.4 is 4.74 Å².